The monoisotopic (exact) mass is 283 g/mol. The molecule has 0 bridgehead atoms. The van der Waals surface area contributed by atoms with Crippen molar-refractivity contribution < 1.29 is 0 Å². The summed E-state index contributed by atoms with van der Waals surface area (Å²) in [5, 5.41) is 2.18. The van der Waals surface area contributed by atoms with Crippen molar-refractivity contribution in [2.45, 2.75) is 52.1 Å². The molecule has 0 aliphatic heterocycles. The van der Waals surface area contributed by atoms with E-state index in [4.69, 9.17) is 0 Å². The van der Waals surface area contributed by atoms with E-state index in [2.05, 4.69) is 48.9 Å². The van der Waals surface area contributed by atoms with Gasteiger partial charge in [-0.15, -0.1) is 11.3 Å². The highest BCUT2D eigenvalue weighted by Gasteiger charge is 2.34. The van der Waals surface area contributed by atoms with Crippen LogP contribution >= 0.6 is 24.0 Å². The predicted molar refractivity (Wildman–Crippen MR) is 84.6 cm³/mol. The molecule has 0 aromatic carbocycles. The zero-order chi connectivity index (χ0) is 13.0. The normalized spacial score (nSPS) is 18.9. The van der Waals surface area contributed by atoms with E-state index in [0.717, 1.165) is 12.3 Å². The average molecular weight is 284 g/mol. The second-order valence-corrected chi connectivity index (χ2v) is 7.29. The summed E-state index contributed by atoms with van der Waals surface area (Å²) in [5.41, 5.74) is 0.477. The van der Waals surface area contributed by atoms with Gasteiger partial charge in [0.15, 0.2) is 0 Å². The first-order chi connectivity index (χ1) is 8.65. The lowest BCUT2D eigenvalue weighted by atomic mass is 9.87. The van der Waals surface area contributed by atoms with E-state index in [1.807, 2.05) is 11.3 Å². The number of rotatable bonds is 6. The van der Waals surface area contributed by atoms with Crippen molar-refractivity contribution in [1.29, 1.82) is 0 Å². The molecular weight excluding hydrogens is 258 g/mol. The molecule has 1 aliphatic rings. The average Bonchev–Trinajstić information content (AvgIpc) is 3.00. The maximum Gasteiger partial charge on any atom is 0.0330 e. The quantitative estimate of drug-likeness (QED) is 0.755. The maximum atomic E-state index is 4.63. The predicted octanol–water partition coefficient (Wildman–Crippen LogP) is 4.45. The molecule has 102 valence electrons. The van der Waals surface area contributed by atoms with E-state index in [1.54, 1.807) is 0 Å². The van der Waals surface area contributed by atoms with Crippen molar-refractivity contribution in [2.24, 2.45) is 5.41 Å². The van der Waals surface area contributed by atoms with Gasteiger partial charge in [0.2, 0.25) is 0 Å². The van der Waals surface area contributed by atoms with Crippen LogP contribution in [0.2, 0.25) is 0 Å². The van der Waals surface area contributed by atoms with E-state index < -0.39 is 0 Å². The Morgan fingerprint density at radius 2 is 2.11 bits per heavy atom. The number of thiol groups is 1. The number of thiophene rings is 1. The topological polar surface area (TPSA) is 3.24 Å². The third-order valence-corrected chi connectivity index (χ3v) is 5.74. The van der Waals surface area contributed by atoms with Gasteiger partial charge in [-0.1, -0.05) is 18.9 Å². The van der Waals surface area contributed by atoms with Crippen LogP contribution in [0.4, 0.5) is 0 Å². The molecule has 18 heavy (non-hydrogen) atoms. The van der Waals surface area contributed by atoms with E-state index in [9.17, 15) is 0 Å². The molecular formula is C15H25NS2. The van der Waals surface area contributed by atoms with Crippen molar-refractivity contribution >= 4 is 24.0 Å². The van der Waals surface area contributed by atoms with Gasteiger partial charge < -0.3 is 0 Å². The highest BCUT2D eigenvalue weighted by molar-refractivity contribution is 7.80. The fraction of sp³-hybridized carbons (Fsp3) is 0.733. The molecule has 1 aromatic rings. The molecule has 0 spiro atoms. The van der Waals surface area contributed by atoms with Crippen LogP contribution in [0.3, 0.4) is 0 Å². The zero-order valence-corrected chi connectivity index (χ0v) is 13.3. The third-order valence-electron chi connectivity index (χ3n) is 4.21. The summed E-state index contributed by atoms with van der Waals surface area (Å²) >= 11 is 6.51. The minimum Gasteiger partial charge on any atom is -0.295 e. The van der Waals surface area contributed by atoms with Crippen LogP contribution in [0.15, 0.2) is 17.5 Å². The van der Waals surface area contributed by atoms with Crippen LogP contribution in [0, 0.1) is 5.41 Å². The van der Waals surface area contributed by atoms with E-state index >= 15 is 0 Å². The van der Waals surface area contributed by atoms with E-state index in [1.165, 1.54) is 37.1 Å². The molecule has 2 rings (SSSR count). The molecule has 0 N–H and O–H groups in total. The molecule has 3 heteroatoms. The second-order valence-electron chi connectivity index (χ2n) is 5.94. The molecule has 1 heterocycles. The maximum absolute atomic E-state index is 4.63. The number of hydrogen-bond donors (Lipinski definition) is 1. The first-order valence-electron chi connectivity index (χ1n) is 7.02. The Labute approximate surface area is 121 Å². The lowest BCUT2D eigenvalue weighted by Gasteiger charge is -2.36. The van der Waals surface area contributed by atoms with Gasteiger partial charge in [-0.2, -0.15) is 12.6 Å². The molecule has 0 amide bonds. The summed E-state index contributed by atoms with van der Waals surface area (Å²) < 4.78 is 0. The Bertz CT molecular complexity index is 339. The van der Waals surface area contributed by atoms with Crippen LogP contribution in [0.25, 0.3) is 0 Å². The Morgan fingerprint density at radius 1 is 1.39 bits per heavy atom. The molecule has 0 radical (unpaired) electrons. The molecule has 1 aromatic heterocycles. The number of nitrogens with zero attached hydrogens (tertiary/aromatic N) is 1. The minimum atomic E-state index is 0.477. The van der Waals surface area contributed by atoms with E-state index in [-0.39, 0.29) is 0 Å². The summed E-state index contributed by atoms with van der Waals surface area (Å²) in [6.07, 6.45) is 5.52. The van der Waals surface area contributed by atoms with Gasteiger partial charge in [-0.3, -0.25) is 4.90 Å². The van der Waals surface area contributed by atoms with Crippen molar-refractivity contribution in [1.82, 2.24) is 4.90 Å². The molecule has 1 saturated carbocycles. The summed E-state index contributed by atoms with van der Waals surface area (Å²) in [4.78, 5) is 4.11. The Kier molecular flexibility index (Phi) is 5.16. The Morgan fingerprint density at radius 3 is 2.61 bits per heavy atom. The fourth-order valence-electron chi connectivity index (χ4n) is 2.95. The molecule has 0 atom stereocenters. The molecule has 1 aliphatic carbocycles. The first kappa shape index (κ1) is 14.4. The molecule has 0 unspecified atom stereocenters. The van der Waals surface area contributed by atoms with Gasteiger partial charge >= 0.3 is 0 Å². The van der Waals surface area contributed by atoms with Gasteiger partial charge in [-0.05, 0) is 49.3 Å². The van der Waals surface area contributed by atoms with Gasteiger partial charge in [-0.25, -0.2) is 0 Å². The first-order valence-corrected chi connectivity index (χ1v) is 8.54. The van der Waals surface area contributed by atoms with Crippen LogP contribution in [-0.2, 0) is 6.54 Å². The second kappa shape index (κ2) is 6.44. The van der Waals surface area contributed by atoms with Crippen LogP contribution < -0.4 is 0 Å². The number of hydrogen-bond acceptors (Lipinski definition) is 3. The summed E-state index contributed by atoms with van der Waals surface area (Å²) in [7, 11) is 0. The smallest absolute Gasteiger partial charge is 0.0330 e. The zero-order valence-electron chi connectivity index (χ0n) is 11.6. The van der Waals surface area contributed by atoms with Crippen molar-refractivity contribution in [3.8, 4) is 0 Å². The standard InChI is InChI=1S/C15H25NS2/c1-13(2)16(10-14-6-5-9-18-14)11-15(12-17)7-3-4-8-15/h5-6,9,13,17H,3-4,7-8,10-12H2,1-2H3. The molecule has 0 saturated heterocycles. The minimum absolute atomic E-state index is 0.477. The van der Waals surface area contributed by atoms with Crippen LogP contribution in [-0.4, -0.2) is 23.2 Å². The largest absolute Gasteiger partial charge is 0.295 e. The van der Waals surface area contributed by atoms with Crippen LogP contribution in [0.1, 0.15) is 44.4 Å². The van der Waals surface area contributed by atoms with Gasteiger partial charge in [0, 0.05) is 24.0 Å². The van der Waals surface area contributed by atoms with Gasteiger partial charge in [0.05, 0.1) is 0 Å². The van der Waals surface area contributed by atoms with Crippen LogP contribution in [0.5, 0.6) is 0 Å². The highest BCUT2D eigenvalue weighted by atomic mass is 32.1. The third kappa shape index (κ3) is 3.52. The molecule has 1 nitrogen and oxygen atoms in total. The van der Waals surface area contributed by atoms with Crippen molar-refractivity contribution in [2.75, 3.05) is 12.3 Å². The van der Waals surface area contributed by atoms with E-state index in [0.29, 0.717) is 11.5 Å². The fourth-order valence-corrected chi connectivity index (χ4v) is 4.09. The summed E-state index contributed by atoms with van der Waals surface area (Å²) in [5.74, 6) is 1.04. The van der Waals surface area contributed by atoms with Crippen molar-refractivity contribution in [3.63, 3.8) is 0 Å². The van der Waals surface area contributed by atoms with Crippen molar-refractivity contribution in [3.05, 3.63) is 22.4 Å². The van der Waals surface area contributed by atoms with Gasteiger partial charge in [0.25, 0.3) is 0 Å². The SMILES string of the molecule is CC(C)N(Cc1cccs1)CC1(CS)CCCC1. The Hall–Kier alpha value is 0.01000. The van der Waals surface area contributed by atoms with Gasteiger partial charge in [0.1, 0.15) is 0 Å². The summed E-state index contributed by atoms with van der Waals surface area (Å²) in [6, 6.07) is 5.02. The highest BCUT2D eigenvalue weighted by Crippen LogP contribution is 2.40. The summed E-state index contributed by atoms with van der Waals surface area (Å²) in [6.45, 7) is 6.94. The molecule has 1 fully saturated rings. The lowest BCUT2D eigenvalue weighted by Crippen LogP contribution is -2.40. The Balaban J connectivity index is 2.01. The lowest BCUT2D eigenvalue weighted by molar-refractivity contribution is 0.133.